The van der Waals surface area contributed by atoms with Gasteiger partial charge in [-0.05, 0) is 12.1 Å². The molecule has 0 unspecified atom stereocenters. The number of nitrogens with zero attached hydrogens (tertiary/aromatic N) is 2. The number of carbonyl (C=O) groups excluding carboxylic acids is 1. The molecule has 2 rings (SSSR count). The Morgan fingerprint density at radius 1 is 1.21 bits per heavy atom. The zero-order chi connectivity index (χ0) is 17.4. The van der Waals surface area contributed by atoms with Crippen molar-refractivity contribution in [1.29, 1.82) is 0 Å². The monoisotopic (exact) mass is 332 g/mol. The Bertz CT molecular complexity index is 695. The second-order valence-corrected chi connectivity index (χ2v) is 4.68. The second kappa shape index (κ2) is 8.53. The number of nitrogens with two attached hydrogens (primary N) is 1. The topological polar surface area (TPSA) is 123 Å². The molecule has 0 saturated carbocycles. The molecular weight excluding hydrogens is 312 g/mol. The number of amides is 1. The summed E-state index contributed by atoms with van der Waals surface area (Å²) in [6.45, 7) is 1.06. The predicted octanol–water partition coefficient (Wildman–Crippen LogP) is 0.883. The molecule has 1 aromatic carbocycles. The minimum atomic E-state index is -0.376. The largest absolute Gasteiger partial charge is 0.496 e. The van der Waals surface area contributed by atoms with Gasteiger partial charge in [-0.15, -0.1) is 0 Å². The van der Waals surface area contributed by atoms with Gasteiger partial charge in [0.1, 0.15) is 17.8 Å². The fourth-order valence-corrected chi connectivity index (χ4v) is 1.92. The summed E-state index contributed by atoms with van der Waals surface area (Å²) in [5.74, 6) is 0.831. The Kier molecular flexibility index (Phi) is 6.15. The number of benzene rings is 1. The van der Waals surface area contributed by atoms with Crippen LogP contribution in [-0.2, 0) is 4.74 Å². The minimum absolute atomic E-state index is 0.285. The molecule has 2 aromatic rings. The number of ether oxygens (including phenoxy) is 2. The van der Waals surface area contributed by atoms with Gasteiger partial charge in [0.15, 0.2) is 11.6 Å². The molecular formula is C15H20N6O3. The molecule has 0 radical (unpaired) electrons. The Morgan fingerprint density at radius 2 is 1.96 bits per heavy atom. The molecule has 128 valence electrons. The van der Waals surface area contributed by atoms with E-state index < -0.39 is 0 Å². The van der Waals surface area contributed by atoms with Crippen molar-refractivity contribution in [2.75, 3.05) is 43.8 Å². The van der Waals surface area contributed by atoms with Crippen molar-refractivity contribution in [2.45, 2.75) is 0 Å². The number of hydrazine groups is 1. The van der Waals surface area contributed by atoms with Crippen LogP contribution in [0.5, 0.6) is 5.75 Å². The van der Waals surface area contributed by atoms with Crippen molar-refractivity contribution in [3.8, 4) is 5.75 Å². The number of nitrogen functional groups attached to an aromatic ring is 1. The van der Waals surface area contributed by atoms with Gasteiger partial charge in [0, 0.05) is 13.7 Å². The summed E-state index contributed by atoms with van der Waals surface area (Å²) in [7, 11) is 3.10. The second-order valence-electron chi connectivity index (χ2n) is 4.68. The van der Waals surface area contributed by atoms with E-state index in [0.717, 1.165) is 0 Å². The highest BCUT2D eigenvalue weighted by Crippen LogP contribution is 2.22. The van der Waals surface area contributed by atoms with Gasteiger partial charge in [0.2, 0.25) is 0 Å². The number of hydrogen-bond acceptors (Lipinski definition) is 8. The first-order chi connectivity index (χ1) is 11.7. The molecule has 0 aliphatic heterocycles. The van der Waals surface area contributed by atoms with Crippen molar-refractivity contribution in [3.63, 3.8) is 0 Å². The first-order valence-corrected chi connectivity index (χ1v) is 7.20. The number of hydrogen-bond donors (Lipinski definition) is 4. The summed E-state index contributed by atoms with van der Waals surface area (Å²) in [5, 5.41) is 3.02. The number of rotatable bonds is 8. The fraction of sp³-hybridized carbons (Fsp3) is 0.267. The molecule has 0 bridgehead atoms. The average molecular weight is 332 g/mol. The van der Waals surface area contributed by atoms with E-state index in [0.29, 0.717) is 30.3 Å². The molecule has 9 nitrogen and oxygen atoms in total. The lowest BCUT2D eigenvalue weighted by Gasteiger charge is -2.13. The highest BCUT2D eigenvalue weighted by Gasteiger charge is 2.13. The van der Waals surface area contributed by atoms with E-state index in [4.69, 9.17) is 15.2 Å². The van der Waals surface area contributed by atoms with Crippen LogP contribution in [0.3, 0.4) is 0 Å². The number of nitrogens with one attached hydrogen (secondary N) is 3. The molecule has 1 heterocycles. The van der Waals surface area contributed by atoms with Crippen LogP contribution in [0, 0.1) is 0 Å². The fourth-order valence-electron chi connectivity index (χ4n) is 1.92. The maximum Gasteiger partial charge on any atom is 0.273 e. The lowest BCUT2D eigenvalue weighted by molar-refractivity contribution is 0.0959. The highest BCUT2D eigenvalue weighted by molar-refractivity contribution is 5.97. The smallest absolute Gasteiger partial charge is 0.273 e. The van der Waals surface area contributed by atoms with Crippen molar-refractivity contribution < 1.29 is 14.3 Å². The summed E-state index contributed by atoms with van der Waals surface area (Å²) in [6, 6.07) is 6.88. The Morgan fingerprint density at radius 3 is 2.71 bits per heavy atom. The van der Waals surface area contributed by atoms with Crippen LogP contribution in [0.25, 0.3) is 0 Å². The van der Waals surface area contributed by atoms with Crippen LogP contribution >= 0.6 is 0 Å². The number of methoxy groups -OCH3 is 2. The average Bonchev–Trinajstić information content (AvgIpc) is 2.62. The first-order valence-electron chi connectivity index (χ1n) is 7.20. The number of para-hydroxylation sites is 1. The summed E-state index contributed by atoms with van der Waals surface area (Å²) in [4.78, 5) is 20.3. The van der Waals surface area contributed by atoms with Crippen LogP contribution in [0.15, 0.2) is 30.6 Å². The quantitative estimate of drug-likeness (QED) is 0.415. The third-order valence-corrected chi connectivity index (χ3v) is 3.13. The molecule has 0 fully saturated rings. The number of aromatic nitrogens is 2. The maximum absolute atomic E-state index is 12.2. The molecule has 0 aliphatic rings. The van der Waals surface area contributed by atoms with Crippen molar-refractivity contribution in [2.24, 2.45) is 0 Å². The van der Waals surface area contributed by atoms with Gasteiger partial charge in [-0.2, -0.15) is 0 Å². The van der Waals surface area contributed by atoms with E-state index in [1.807, 2.05) is 0 Å². The molecule has 0 saturated heterocycles. The molecule has 1 aromatic heterocycles. The van der Waals surface area contributed by atoms with Crippen LogP contribution < -0.4 is 26.6 Å². The van der Waals surface area contributed by atoms with Gasteiger partial charge >= 0.3 is 0 Å². The van der Waals surface area contributed by atoms with Gasteiger partial charge in [-0.1, -0.05) is 12.1 Å². The molecule has 0 aliphatic carbocycles. The highest BCUT2D eigenvalue weighted by atomic mass is 16.5. The minimum Gasteiger partial charge on any atom is -0.496 e. The third-order valence-electron chi connectivity index (χ3n) is 3.13. The number of anilines is 3. The predicted molar refractivity (Wildman–Crippen MR) is 90.9 cm³/mol. The van der Waals surface area contributed by atoms with Crippen LogP contribution in [0.1, 0.15) is 10.4 Å². The van der Waals surface area contributed by atoms with Gasteiger partial charge in [0.25, 0.3) is 5.91 Å². The van der Waals surface area contributed by atoms with E-state index >= 15 is 0 Å². The Labute approximate surface area is 139 Å². The van der Waals surface area contributed by atoms with Crippen LogP contribution in [-0.4, -0.2) is 43.2 Å². The van der Waals surface area contributed by atoms with E-state index in [2.05, 4.69) is 26.1 Å². The molecule has 1 amide bonds. The van der Waals surface area contributed by atoms with Crippen LogP contribution in [0.4, 0.5) is 17.3 Å². The summed E-state index contributed by atoms with van der Waals surface area (Å²) < 4.78 is 10.1. The molecule has 24 heavy (non-hydrogen) atoms. The Balaban J connectivity index is 2.03. The molecule has 0 spiro atoms. The zero-order valence-corrected chi connectivity index (χ0v) is 13.5. The molecule has 9 heteroatoms. The van der Waals surface area contributed by atoms with Gasteiger partial charge in [0.05, 0.1) is 19.3 Å². The lowest BCUT2D eigenvalue weighted by Crippen LogP contribution is -2.30. The molecule has 0 atom stereocenters. The SMILES string of the molecule is COCCNc1ncnc(NNC(=O)c2ccccc2OC)c1N. The molecule has 5 N–H and O–H groups in total. The van der Waals surface area contributed by atoms with Gasteiger partial charge in [-0.3, -0.25) is 15.6 Å². The Hall–Kier alpha value is -3.07. The number of carbonyl (C=O) groups is 1. The summed E-state index contributed by atoms with van der Waals surface area (Å²) in [6.07, 6.45) is 1.34. The summed E-state index contributed by atoms with van der Waals surface area (Å²) in [5.41, 5.74) is 11.9. The standard InChI is InChI=1S/C15H20N6O3/c1-23-8-7-17-13-12(16)14(19-9-18-13)20-21-15(22)10-5-3-4-6-11(10)24-2/h3-6,9H,7-8,16H2,1-2H3,(H,21,22)(H2,17,18,19,20). The van der Waals surface area contributed by atoms with E-state index in [9.17, 15) is 4.79 Å². The van der Waals surface area contributed by atoms with Crippen molar-refractivity contribution in [1.82, 2.24) is 15.4 Å². The summed E-state index contributed by atoms with van der Waals surface area (Å²) >= 11 is 0. The first kappa shape index (κ1) is 17.3. The maximum atomic E-state index is 12.2. The van der Waals surface area contributed by atoms with Gasteiger partial charge in [-0.25, -0.2) is 9.97 Å². The zero-order valence-electron chi connectivity index (χ0n) is 13.5. The normalized spacial score (nSPS) is 10.1. The van der Waals surface area contributed by atoms with Crippen LogP contribution in [0.2, 0.25) is 0 Å². The lowest BCUT2D eigenvalue weighted by atomic mass is 10.2. The third kappa shape index (κ3) is 4.23. The van der Waals surface area contributed by atoms with Gasteiger partial charge < -0.3 is 20.5 Å². The van der Waals surface area contributed by atoms with Crippen molar-refractivity contribution >= 4 is 23.2 Å². The van der Waals surface area contributed by atoms with E-state index in [-0.39, 0.29) is 17.4 Å². The van der Waals surface area contributed by atoms with E-state index in [1.54, 1.807) is 31.4 Å². The van der Waals surface area contributed by atoms with E-state index in [1.165, 1.54) is 13.4 Å². The van der Waals surface area contributed by atoms with Crippen molar-refractivity contribution in [3.05, 3.63) is 36.2 Å².